The number of rotatable bonds is 5. The molecule has 4 nitrogen and oxygen atoms in total. The summed E-state index contributed by atoms with van der Waals surface area (Å²) in [5.74, 6) is -0.159. The summed E-state index contributed by atoms with van der Waals surface area (Å²) in [4.78, 5) is 13.6. The van der Waals surface area contributed by atoms with Gasteiger partial charge in [0.05, 0.1) is 19.8 Å². The monoisotopic (exact) mass is 262 g/mol. The summed E-state index contributed by atoms with van der Waals surface area (Å²) in [6.45, 7) is 2.17. The third-order valence-corrected chi connectivity index (χ3v) is 3.56. The zero-order valence-corrected chi connectivity index (χ0v) is 11.5. The number of ether oxygens (including phenoxy) is 1. The third-order valence-electron chi connectivity index (χ3n) is 3.56. The highest BCUT2D eigenvalue weighted by Crippen LogP contribution is 2.15. The molecule has 1 fully saturated rings. The molecule has 4 heteroatoms. The molecule has 1 heterocycles. The highest BCUT2D eigenvalue weighted by atomic mass is 16.5. The zero-order valence-electron chi connectivity index (χ0n) is 11.5. The summed E-state index contributed by atoms with van der Waals surface area (Å²) < 4.78 is 4.76. The van der Waals surface area contributed by atoms with E-state index in [-0.39, 0.29) is 12.1 Å². The molecule has 19 heavy (non-hydrogen) atoms. The van der Waals surface area contributed by atoms with Crippen LogP contribution in [0.3, 0.4) is 0 Å². The molecule has 2 rings (SSSR count). The first-order valence-electron chi connectivity index (χ1n) is 6.88. The van der Waals surface area contributed by atoms with E-state index in [0.717, 1.165) is 25.9 Å². The van der Waals surface area contributed by atoms with Crippen LogP contribution in [0, 0.1) is 0 Å². The fourth-order valence-electron chi connectivity index (χ4n) is 2.47. The van der Waals surface area contributed by atoms with Gasteiger partial charge in [-0.05, 0) is 24.8 Å². The van der Waals surface area contributed by atoms with Gasteiger partial charge < -0.3 is 4.74 Å². The summed E-state index contributed by atoms with van der Waals surface area (Å²) in [6, 6.07) is 10.3. The molecule has 0 aromatic heterocycles. The van der Waals surface area contributed by atoms with E-state index in [0.29, 0.717) is 6.54 Å². The second-order valence-corrected chi connectivity index (χ2v) is 4.92. The Balaban J connectivity index is 1.87. The molecular formula is C15H22N2O2. The Morgan fingerprint density at radius 3 is 2.89 bits per heavy atom. The van der Waals surface area contributed by atoms with Crippen LogP contribution >= 0.6 is 0 Å². The SMILES string of the molecule is COC(=O)CN1CCCCC1NCc1ccccc1. The number of hydrogen-bond acceptors (Lipinski definition) is 4. The van der Waals surface area contributed by atoms with Gasteiger partial charge >= 0.3 is 5.97 Å². The predicted molar refractivity (Wildman–Crippen MR) is 74.5 cm³/mol. The van der Waals surface area contributed by atoms with Crippen molar-refractivity contribution >= 4 is 5.97 Å². The molecule has 1 aliphatic heterocycles. The van der Waals surface area contributed by atoms with Crippen LogP contribution in [-0.4, -0.2) is 37.2 Å². The van der Waals surface area contributed by atoms with Crippen molar-refractivity contribution in [2.24, 2.45) is 0 Å². The van der Waals surface area contributed by atoms with Gasteiger partial charge in [0.1, 0.15) is 0 Å². The lowest BCUT2D eigenvalue weighted by Gasteiger charge is -2.35. The number of likely N-dealkylation sites (tertiary alicyclic amines) is 1. The van der Waals surface area contributed by atoms with Crippen molar-refractivity contribution in [2.45, 2.75) is 32.0 Å². The molecule has 1 saturated heterocycles. The number of methoxy groups -OCH3 is 1. The molecule has 1 aromatic carbocycles. The van der Waals surface area contributed by atoms with Gasteiger partial charge in [0.2, 0.25) is 0 Å². The Hall–Kier alpha value is -1.39. The lowest BCUT2D eigenvalue weighted by Crippen LogP contribution is -2.50. The number of nitrogens with one attached hydrogen (secondary N) is 1. The van der Waals surface area contributed by atoms with E-state index in [4.69, 9.17) is 4.74 Å². The van der Waals surface area contributed by atoms with Crippen LogP contribution in [0.15, 0.2) is 30.3 Å². The lowest BCUT2D eigenvalue weighted by molar-refractivity contribution is -0.143. The zero-order chi connectivity index (χ0) is 13.5. The van der Waals surface area contributed by atoms with Crippen molar-refractivity contribution in [2.75, 3.05) is 20.2 Å². The molecule has 0 bridgehead atoms. The first-order chi connectivity index (χ1) is 9.29. The highest BCUT2D eigenvalue weighted by molar-refractivity contribution is 5.71. The second kappa shape index (κ2) is 7.26. The standard InChI is InChI=1S/C15H22N2O2/c1-19-15(18)12-17-10-6-5-9-14(17)16-11-13-7-3-2-4-8-13/h2-4,7-8,14,16H,5-6,9-12H2,1H3. The van der Waals surface area contributed by atoms with Crippen molar-refractivity contribution < 1.29 is 9.53 Å². The molecule has 1 unspecified atom stereocenters. The van der Waals surface area contributed by atoms with E-state index in [1.165, 1.54) is 19.1 Å². The molecule has 0 spiro atoms. The number of benzene rings is 1. The Morgan fingerprint density at radius 2 is 2.16 bits per heavy atom. The topological polar surface area (TPSA) is 41.6 Å². The van der Waals surface area contributed by atoms with E-state index in [2.05, 4.69) is 22.3 Å². The lowest BCUT2D eigenvalue weighted by atomic mass is 10.1. The van der Waals surface area contributed by atoms with Gasteiger partial charge in [-0.1, -0.05) is 30.3 Å². The van der Waals surface area contributed by atoms with Gasteiger partial charge in [-0.15, -0.1) is 0 Å². The van der Waals surface area contributed by atoms with Crippen molar-refractivity contribution in [3.63, 3.8) is 0 Å². The molecule has 0 amide bonds. The number of hydrogen-bond donors (Lipinski definition) is 1. The van der Waals surface area contributed by atoms with E-state index in [9.17, 15) is 4.79 Å². The molecule has 0 saturated carbocycles. The van der Waals surface area contributed by atoms with Crippen LogP contribution in [0.2, 0.25) is 0 Å². The van der Waals surface area contributed by atoms with Crippen LogP contribution in [0.25, 0.3) is 0 Å². The number of carbonyl (C=O) groups is 1. The third kappa shape index (κ3) is 4.33. The van der Waals surface area contributed by atoms with Crippen LogP contribution in [0.4, 0.5) is 0 Å². The predicted octanol–water partition coefficient (Wildman–Crippen LogP) is 1.76. The van der Waals surface area contributed by atoms with Crippen molar-refractivity contribution in [3.8, 4) is 0 Å². The van der Waals surface area contributed by atoms with Crippen LogP contribution in [0.1, 0.15) is 24.8 Å². The van der Waals surface area contributed by atoms with Crippen molar-refractivity contribution in [1.29, 1.82) is 0 Å². The minimum absolute atomic E-state index is 0.159. The van der Waals surface area contributed by atoms with Crippen LogP contribution in [-0.2, 0) is 16.1 Å². The number of piperidine rings is 1. The molecule has 1 aliphatic rings. The summed E-state index contributed by atoms with van der Waals surface area (Å²) in [5.41, 5.74) is 1.27. The largest absolute Gasteiger partial charge is 0.468 e. The van der Waals surface area contributed by atoms with Gasteiger partial charge in [0.15, 0.2) is 0 Å². The quantitative estimate of drug-likeness (QED) is 0.821. The average Bonchev–Trinajstić information content (AvgIpc) is 2.47. The second-order valence-electron chi connectivity index (χ2n) is 4.92. The minimum Gasteiger partial charge on any atom is -0.468 e. The first kappa shape index (κ1) is 14.0. The molecule has 104 valence electrons. The van der Waals surface area contributed by atoms with Gasteiger partial charge in [-0.25, -0.2) is 0 Å². The Kier molecular flexibility index (Phi) is 5.36. The Labute approximate surface area is 114 Å². The maximum atomic E-state index is 11.4. The van der Waals surface area contributed by atoms with Crippen molar-refractivity contribution in [1.82, 2.24) is 10.2 Å². The fraction of sp³-hybridized carbons (Fsp3) is 0.533. The van der Waals surface area contributed by atoms with E-state index < -0.39 is 0 Å². The molecule has 1 N–H and O–H groups in total. The highest BCUT2D eigenvalue weighted by Gasteiger charge is 2.23. The minimum atomic E-state index is -0.159. The molecule has 1 aromatic rings. The molecule has 0 radical (unpaired) electrons. The Bertz CT molecular complexity index is 394. The van der Waals surface area contributed by atoms with Crippen molar-refractivity contribution in [3.05, 3.63) is 35.9 Å². The number of esters is 1. The van der Waals surface area contributed by atoms with Gasteiger partial charge in [-0.2, -0.15) is 0 Å². The summed E-state index contributed by atoms with van der Waals surface area (Å²) in [5, 5.41) is 3.54. The maximum Gasteiger partial charge on any atom is 0.319 e. The molecule has 1 atom stereocenters. The average molecular weight is 262 g/mol. The van der Waals surface area contributed by atoms with Crippen LogP contribution < -0.4 is 5.32 Å². The number of carbonyl (C=O) groups excluding carboxylic acids is 1. The summed E-state index contributed by atoms with van der Waals surface area (Å²) in [7, 11) is 1.44. The van der Waals surface area contributed by atoms with E-state index in [1.807, 2.05) is 18.2 Å². The van der Waals surface area contributed by atoms with E-state index >= 15 is 0 Å². The maximum absolute atomic E-state index is 11.4. The fourth-order valence-corrected chi connectivity index (χ4v) is 2.47. The summed E-state index contributed by atoms with van der Waals surface area (Å²) >= 11 is 0. The number of nitrogens with zero attached hydrogens (tertiary/aromatic N) is 1. The molecule has 0 aliphatic carbocycles. The normalized spacial score (nSPS) is 20.2. The van der Waals surface area contributed by atoms with E-state index in [1.54, 1.807) is 0 Å². The van der Waals surface area contributed by atoms with Crippen LogP contribution in [0.5, 0.6) is 0 Å². The molecular weight excluding hydrogens is 240 g/mol. The smallest absolute Gasteiger partial charge is 0.319 e. The first-order valence-corrected chi connectivity index (χ1v) is 6.88. The van der Waals surface area contributed by atoms with Gasteiger partial charge in [-0.3, -0.25) is 15.0 Å². The Morgan fingerprint density at radius 1 is 1.37 bits per heavy atom. The van der Waals surface area contributed by atoms with Gasteiger partial charge in [0, 0.05) is 13.1 Å². The van der Waals surface area contributed by atoms with Gasteiger partial charge in [0.25, 0.3) is 0 Å². The summed E-state index contributed by atoms with van der Waals surface area (Å²) in [6.07, 6.45) is 3.72.